The van der Waals surface area contributed by atoms with Crippen molar-refractivity contribution in [2.24, 2.45) is 0 Å². The molecule has 0 aromatic heterocycles. The number of nitrogens with one attached hydrogen (secondary N) is 1. The monoisotopic (exact) mass is 472 g/mol. The first-order valence-corrected chi connectivity index (χ1v) is 11.1. The highest BCUT2D eigenvalue weighted by Gasteiger charge is 2.23. The van der Waals surface area contributed by atoms with Crippen molar-refractivity contribution in [2.45, 2.75) is 16.2 Å². The minimum atomic E-state index is -0.447. The van der Waals surface area contributed by atoms with Crippen molar-refractivity contribution in [1.29, 1.82) is 0 Å². The number of carbonyl (C=O) groups is 2. The maximum atomic E-state index is 12.3. The number of carbonyl (C=O) groups excluding carboxylic acids is 2. The van der Waals surface area contributed by atoms with Gasteiger partial charge >= 0.3 is 5.97 Å². The number of anilines is 3. The van der Waals surface area contributed by atoms with E-state index in [0.717, 1.165) is 21.2 Å². The summed E-state index contributed by atoms with van der Waals surface area (Å²) in [5.41, 5.74) is 2.59. The lowest BCUT2D eigenvalue weighted by Crippen LogP contribution is -2.26. The van der Waals surface area contributed by atoms with Gasteiger partial charge in [-0.25, -0.2) is 0 Å². The fraction of sp³-hybridized carbons (Fsp3) is 0.130. The summed E-state index contributed by atoms with van der Waals surface area (Å²) < 4.78 is 5.16. The first-order chi connectivity index (χ1) is 15.0. The molecule has 0 radical (unpaired) electrons. The first kappa shape index (κ1) is 21.6. The van der Waals surface area contributed by atoms with Gasteiger partial charge in [0.25, 0.3) is 5.91 Å². The number of halogens is 2. The zero-order chi connectivity index (χ0) is 21.8. The van der Waals surface area contributed by atoms with Gasteiger partial charge in [-0.05, 0) is 42.5 Å². The Labute approximate surface area is 194 Å². The van der Waals surface area contributed by atoms with Crippen LogP contribution in [0.4, 0.5) is 17.1 Å². The van der Waals surface area contributed by atoms with E-state index < -0.39 is 11.9 Å². The Hall–Kier alpha value is -2.67. The van der Waals surface area contributed by atoms with Crippen LogP contribution in [0.1, 0.15) is 6.42 Å². The average Bonchev–Trinajstić information content (AvgIpc) is 2.77. The second kappa shape index (κ2) is 9.64. The van der Waals surface area contributed by atoms with Crippen molar-refractivity contribution in [3.05, 3.63) is 76.8 Å². The van der Waals surface area contributed by atoms with Crippen LogP contribution in [0, 0.1) is 0 Å². The summed E-state index contributed by atoms with van der Waals surface area (Å²) in [6.07, 6.45) is 0.146. The van der Waals surface area contributed by atoms with Crippen molar-refractivity contribution < 1.29 is 14.3 Å². The van der Waals surface area contributed by atoms with Crippen LogP contribution in [-0.2, 0) is 14.3 Å². The van der Waals surface area contributed by atoms with Gasteiger partial charge in [-0.1, -0.05) is 59.2 Å². The SMILES string of the molecule is O=C(COC(=O)CCN1c2ccccc2Sc2ccccc21)Nc1ccc(Cl)c(Cl)c1. The third-order valence-corrected chi connectivity index (χ3v) is 6.51. The topological polar surface area (TPSA) is 58.6 Å². The van der Waals surface area contributed by atoms with Gasteiger partial charge in [-0.2, -0.15) is 0 Å². The zero-order valence-corrected chi connectivity index (χ0v) is 18.6. The van der Waals surface area contributed by atoms with Crippen LogP contribution in [0.3, 0.4) is 0 Å². The molecule has 31 heavy (non-hydrogen) atoms. The van der Waals surface area contributed by atoms with Crippen LogP contribution < -0.4 is 10.2 Å². The Morgan fingerprint density at radius 3 is 2.19 bits per heavy atom. The molecular formula is C23H18Cl2N2O3S. The minimum absolute atomic E-state index is 0.146. The highest BCUT2D eigenvalue weighted by atomic mass is 35.5. The van der Waals surface area contributed by atoms with Crippen LogP contribution in [0.2, 0.25) is 10.0 Å². The van der Waals surface area contributed by atoms with Crippen LogP contribution in [0.15, 0.2) is 76.5 Å². The maximum Gasteiger partial charge on any atom is 0.308 e. The van der Waals surface area contributed by atoms with Crippen molar-refractivity contribution in [3.63, 3.8) is 0 Å². The molecule has 0 aliphatic carbocycles. The van der Waals surface area contributed by atoms with E-state index in [4.69, 9.17) is 27.9 Å². The lowest BCUT2D eigenvalue weighted by atomic mass is 10.2. The van der Waals surface area contributed by atoms with Gasteiger partial charge in [-0.3, -0.25) is 9.59 Å². The van der Waals surface area contributed by atoms with Crippen LogP contribution in [0.25, 0.3) is 0 Å². The molecule has 1 heterocycles. The molecule has 1 N–H and O–H groups in total. The Morgan fingerprint density at radius 1 is 0.903 bits per heavy atom. The smallest absolute Gasteiger partial charge is 0.308 e. The van der Waals surface area contributed by atoms with Gasteiger partial charge in [0.15, 0.2) is 6.61 Å². The number of rotatable bonds is 6. The van der Waals surface area contributed by atoms with E-state index in [1.165, 1.54) is 6.07 Å². The molecular weight excluding hydrogens is 455 g/mol. The zero-order valence-electron chi connectivity index (χ0n) is 16.3. The van der Waals surface area contributed by atoms with E-state index in [-0.39, 0.29) is 13.0 Å². The van der Waals surface area contributed by atoms with Crippen molar-refractivity contribution >= 4 is 63.9 Å². The number of nitrogens with zero attached hydrogens (tertiary/aromatic N) is 1. The second-order valence-corrected chi connectivity index (χ2v) is 8.68. The van der Waals surface area contributed by atoms with Crippen molar-refractivity contribution in [2.75, 3.05) is 23.4 Å². The van der Waals surface area contributed by atoms with E-state index in [1.807, 2.05) is 36.4 Å². The molecule has 1 amide bonds. The molecule has 1 aliphatic heterocycles. The van der Waals surface area contributed by atoms with Crippen LogP contribution in [-0.4, -0.2) is 25.0 Å². The number of ether oxygens (including phenoxy) is 1. The number of amides is 1. The lowest BCUT2D eigenvalue weighted by molar-refractivity contribution is -0.147. The number of para-hydroxylation sites is 2. The van der Waals surface area contributed by atoms with E-state index in [2.05, 4.69) is 22.3 Å². The predicted octanol–water partition coefficient (Wildman–Crippen LogP) is 6.17. The van der Waals surface area contributed by atoms with Crippen LogP contribution >= 0.6 is 35.0 Å². The van der Waals surface area contributed by atoms with E-state index in [9.17, 15) is 9.59 Å². The standard InChI is InChI=1S/C23H18Cl2N2O3S/c24-16-10-9-15(13-17(16)25)26-22(28)14-30-23(29)11-12-27-18-5-1-3-7-20(18)31-21-8-4-2-6-19(21)27/h1-10,13H,11-12,14H2,(H,26,28). The Kier molecular flexibility index (Phi) is 6.70. The van der Waals surface area contributed by atoms with Gasteiger partial charge in [-0.15, -0.1) is 0 Å². The molecule has 0 atom stereocenters. The average molecular weight is 473 g/mol. The number of fused-ring (bicyclic) bond motifs is 2. The maximum absolute atomic E-state index is 12.3. The minimum Gasteiger partial charge on any atom is -0.456 e. The molecule has 4 rings (SSSR count). The molecule has 3 aromatic rings. The van der Waals surface area contributed by atoms with E-state index in [1.54, 1.807) is 23.9 Å². The summed E-state index contributed by atoms with van der Waals surface area (Å²) in [5, 5.41) is 3.35. The number of benzene rings is 3. The molecule has 158 valence electrons. The lowest BCUT2D eigenvalue weighted by Gasteiger charge is -2.32. The largest absolute Gasteiger partial charge is 0.456 e. The van der Waals surface area contributed by atoms with Gasteiger partial charge in [0.2, 0.25) is 0 Å². The molecule has 0 spiro atoms. The number of hydrogen-bond donors (Lipinski definition) is 1. The highest BCUT2D eigenvalue weighted by molar-refractivity contribution is 7.99. The summed E-state index contributed by atoms with van der Waals surface area (Å²) in [7, 11) is 0. The normalized spacial score (nSPS) is 12.0. The fourth-order valence-corrected chi connectivity index (χ4v) is 4.61. The summed E-state index contributed by atoms with van der Waals surface area (Å²) >= 11 is 13.5. The number of esters is 1. The summed E-state index contributed by atoms with van der Waals surface area (Å²) in [5.74, 6) is -0.894. The van der Waals surface area contributed by atoms with Crippen LogP contribution in [0.5, 0.6) is 0 Å². The Balaban J connectivity index is 1.34. The first-order valence-electron chi connectivity index (χ1n) is 9.55. The summed E-state index contributed by atoms with van der Waals surface area (Å²) in [4.78, 5) is 28.7. The Morgan fingerprint density at radius 2 is 1.55 bits per heavy atom. The van der Waals surface area contributed by atoms with Gasteiger partial charge < -0.3 is 15.0 Å². The van der Waals surface area contributed by atoms with E-state index >= 15 is 0 Å². The molecule has 0 unspecified atom stereocenters. The molecule has 0 bridgehead atoms. The summed E-state index contributed by atoms with van der Waals surface area (Å²) in [6.45, 7) is 0.0733. The molecule has 0 saturated heterocycles. The quantitative estimate of drug-likeness (QED) is 0.434. The molecule has 0 fully saturated rings. The molecule has 1 aliphatic rings. The third-order valence-electron chi connectivity index (χ3n) is 4.64. The summed E-state index contributed by atoms with van der Waals surface area (Å²) in [6, 6.07) is 20.9. The van der Waals surface area contributed by atoms with Crippen molar-refractivity contribution in [3.8, 4) is 0 Å². The molecule has 0 saturated carbocycles. The fourth-order valence-electron chi connectivity index (χ4n) is 3.21. The molecule has 8 heteroatoms. The van der Waals surface area contributed by atoms with Gasteiger partial charge in [0, 0.05) is 22.0 Å². The third kappa shape index (κ3) is 5.15. The predicted molar refractivity (Wildman–Crippen MR) is 125 cm³/mol. The molecule has 5 nitrogen and oxygen atoms in total. The second-order valence-electron chi connectivity index (χ2n) is 6.78. The van der Waals surface area contributed by atoms with Crippen molar-refractivity contribution in [1.82, 2.24) is 0 Å². The highest BCUT2D eigenvalue weighted by Crippen LogP contribution is 2.47. The van der Waals surface area contributed by atoms with E-state index in [0.29, 0.717) is 22.3 Å². The Bertz CT molecular complexity index is 1090. The molecule has 3 aromatic carbocycles. The van der Waals surface area contributed by atoms with Gasteiger partial charge in [0.05, 0.1) is 27.8 Å². The number of hydrogen-bond acceptors (Lipinski definition) is 5. The van der Waals surface area contributed by atoms with Gasteiger partial charge in [0.1, 0.15) is 0 Å².